The fraction of sp³-hybridized carbons (Fsp3) is 0.533. The van der Waals surface area contributed by atoms with Crippen molar-refractivity contribution in [2.75, 3.05) is 19.8 Å². The molecule has 1 aromatic rings. The van der Waals surface area contributed by atoms with Crippen LogP contribution in [0.5, 0.6) is 5.75 Å². The molecule has 1 atom stereocenters. The number of nitrogens with zero attached hydrogens (tertiary/aromatic N) is 1. The van der Waals surface area contributed by atoms with Crippen LogP contribution in [-0.2, 0) is 11.3 Å². The number of hydrogen-bond donors (Lipinski definition) is 1. The van der Waals surface area contributed by atoms with Gasteiger partial charge in [-0.05, 0) is 25.3 Å². The Hall–Kier alpha value is -1.57. The fourth-order valence-corrected chi connectivity index (χ4v) is 2.24. The molecule has 1 saturated heterocycles. The van der Waals surface area contributed by atoms with Crippen LogP contribution in [0.1, 0.15) is 24.8 Å². The standard InChI is InChI=1S/C15H20N2O2/c16-8-10-19-15-7-2-1-5-13(15)11-17-12-14-6-3-4-9-18-14/h1-2,5,7,14,17H,3-4,6,9-12H2. The van der Waals surface area contributed by atoms with E-state index in [1.165, 1.54) is 12.8 Å². The monoisotopic (exact) mass is 260 g/mol. The molecule has 1 aromatic carbocycles. The van der Waals surface area contributed by atoms with E-state index in [0.717, 1.165) is 37.4 Å². The van der Waals surface area contributed by atoms with Gasteiger partial charge in [0.05, 0.1) is 6.10 Å². The highest BCUT2D eigenvalue weighted by atomic mass is 16.5. The van der Waals surface area contributed by atoms with Crippen LogP contribution in [-0.4, -0.2) is 25.9 Å². The molecule has 4 nitrogen and oxygen atoms in total. The Morgan fingerprint density at radius 3 is 3.05 bits per heavy atom. The van der Waals surface area contributed by atoms with Crippen LogP contribution in [0.3, 0.4) is 0 Å². The third-order valence-electron chi connectivity index (χ3n) is 3.23. The highest BCUT2D eigenvalue weighted by Gasteiger charge is 2.13. The molecule has 0 aromatic heterocycles. The quantitative estimate of drug-likeness (QED) is 0.852. The van der Waals surface area contributed by atoms with Gasteiger partial charge in [-0.2, -0.15) is 5.26 Å². The van der Waals surface area contributed by atoms with Crippen molar-refractivity contribution in [3.63, 3.8) is 0 Å². The first-order valence-electron chi connectivity index (χ1n) is 6.80. The molecule has 19 heavy (non-hydrogen) atoms. The molecule has 1 heterocycles. The summed E-state index contributed by atoms with van der Waals surface area (Å²) in [5.41, 5.74) is 1.08. The molecule has 0 aliphatic carbocycles. The zero-order valence-corrected chi connectivity index (χ0v) is 11.1. The van der Waals surface area contributed by atoms with Crippen molar-refractivity contribution in [3.8, 4) is 11.8 Å². The predicted molar refractivity (Wildman–Crippen MR) is 72.8 cm³/mol. The van der Waals surface area contributed by atoms with Crippen LogP contribution >= 0.6 is 0 Å². The SMILES string of the molecule is N#CCOc1ccccc1CNCC1CCCCO1. The lowest BCUT2D eigenvalue weighted by atomic mass is 10.1. The topological polar surface area (TPSA) is 54.3 Å². The van der Waals surface area contributed by atoms with E-state index < -0.39 is 0 Å². The molecule has 1 unspecified atom stereocenters. The molecule has 1 aliphatic heterocycles. The predicted octanol–water partition coefficient (Wildman–Crippen LogP) is 2.25. The van der Waals surface area contributed by atoms with Gasteiger partial charge in [-0.15, -0.1) is 0 Å². The minimum atomic E-state index is 0.0861. The Kier molecular flexibility index (Phi) is 5.67. The fourth-order valence-electron chi connectivity index (χ4n) is 2.24. The van der Waals surface area contributed by atoms with Crippen LogP contribution in [0, 0.1) is 11.3 Å². The number of benzene rings is 1. The summed E-state index contributed by atoms with van der Waals surface area (Å²) >= 11 is 0. The molecular formula is C15H20N2O2. The van der Waals surface area contributed by atoms with Crippen molar-refractivity contribution in [2.45, 2.75) is 31.9 Å². The number of nitriles is 1. The van der Waals surface area contributed by atoms with Gasteiger partial charge in [0.25, 0.3) is 0 Å². The Morgan fingerprint density at radius 2 is 2.26 bits per heavy atom. The Balaban J connectivity index is 1.79. The maximum Gasteiger partial charge on any atom is 0.174 e. The Labute approximate surface area is 114 Å². The van der Waals surface area contributed by atoms with Gasteiger partial charge in [0.2, 0.25) is 0 Å². The number of rotatable bonds is 6. The van der Waals surface area contributed by atoms with Crippen molar-refractivity contribution in [1.82, 2.24) is 5.32 Å². The first kappa shape index (κ1) is 13.9. The highest BCUT2D eigenvalue weighted by molar-refractivity contribution is 5.33. The van der Waals surface area contributed by atoms with Crippen LogP contribution in [0.2, 0.25) is 0 Å². The van der Waals surface area contributed by atoms with Gasteiger partial charge >= 0.3 is 0 Å². The largest absolute Gasteiger partial charge is 0.478 e. The van der Waals surface area contributed by atoms with Crippen molar-refractivity contribution < 1.29 is 9.47 Å². The van der Waals surface area contributed by atoms with Crippen molar-refractivity contribution in [3.05, 3.63) is 29.8 Å². The number of ether oxygens (including phenoxy) is 2. The van der Waals surface area contributed by atoms with E-state index >= 15 is 0 Å². The smallest absolute Gasteiger partial charge is 0.174 e. The summed E-state index contributed by atoms with van der Waals surface area (Å²) < 4.78 is 11.1. The molecule has 0 amide bonds. The van der Waals surface area contributed by atoms with Crippen LogP contribution in [0.4, 0.5) is 0 Å². The van der Waals surface area contributed by atoms with E-state index in [1.54, 1.807) is 0 Å². The van der Waals surface area contributed by atoms with Gasteiger partial charge in [-0.3, -0.25) is 0 Å². The number of hydrogen-bond acceptors (Lipinski definition) is 4. The molecule has 2 rings (SSSR count). The van der Waals surface area contributed by atoms with E-state index in [0.29, 0.717) is 6.10 Å². The van der Waals surface area contributed by atoms with E-state index in [9.17, 15) is 0 Å². The number of nitrogens with one attached hydrogen (secondary N) is 1. The zero-order valence-electron chi connectivity index (χ0n) is 11.1. The molecule has 0 spiro atoms. The number of para-hydroxylation sites is 1. The maximum absolute atomic E-state index is 8.56. The van der Waals surface area contributed by atoms with Crippen LogP contribution < -0.4 is 10.1 Å². The second-order valence-electron chi connectivity index (χ2n) is 4.67. The maximum atomic E-state index is 8.56. The average Bonchev–Trinajstić information content (AvgIpc) is 2.47. The van der Waals surface area contributed by atoms with Gasteiger partial charge in [-0.1, -0.05) is 18.2 Å². The zero-order chi connectivity index (χ0) is 13.3. The second kappa shape index (κ2) is 7.78. The van der Waals surface area contributed by atoms with Crippen molar-refractivity contribution in [2.24, 2.45) is 0 Å². The average molecular weight is 260 g/mol. The molecule has 0 bridgehead atoms. The van der Waals surface area contributed by atoms with Gasteiger partial charge in [-0.25, -0.2) is 0 Å². The van der Waals surface area contributed by atoms with Gasteiger partial charge in [0, 0.05) is 25.3 Å². The first-order chi connectivity index (χ1) is 9.40. The molecule has 0 radical (unpaired) electrons. The van der Waals surface area contributed by atoms with E-state index in [-0.39, 0.29) is 6.61 Å². The van der Waals surface area contributed by atoms with E-state index in [4.69, 9.17) is 14.7 Å². The molecular weight excluding hydrogens is 240 g/mol. The minimum Gasteiger partial charge on any atom is -0.478 e. The summed E-state index contributed by atoms with van der Waals surface area (Å²) in [5, 5.41) is 12.0. The Bertz CT molecular complexity index is 422. The van der Waals surface area contributed by atoms with Gasteiger partial charge < -0.3 is 14.8 Å². The Morgan fingerprint density at radius 1 is 1.37 bits per heavy atom. The lowest BCUT2D eigenvalue weighted by molar-refractivity contribution is 0.0167. The second-order valence-corrected chi connectivity index (χ2v) is 4.67. The van der Waals surface area contributed by atoms with E-state index in [1.807, 2.05) is 30.3 Å². The summed E-state index contributed by atoms with van der Waals surface area (Å²) in [6.07, 6.45) is 3.91. The lowest BCUT2D eigenvalue weighted by Crippen LogP contribution is -2.31. The van der Waals surface area contributed by atoms with Crippen molar-refractivity contribution >= 4 is 0 Å². The third kappa shape index (κ3) is 4.55. The molecule has 1 N–H and O–H groups in total. The summed E-state index contributed by atoms with van der Waals surface area (Å²) in [6.45, 7) is 2.57. The molecule has 4 heteroatoms. The summed E-state index contributed by atoms with van der Waals surface area (Å²) in [7, 11) is 0. The van der Waals surface area contributed by atoms with Gasteiger partial charge in [0.1, 0.15) is 11.8 Å². The molecule has 0 saturated carbocycles. The molecule has 1 aliphatic rings. The first-order valence-corrected chi connectivity index (χ1v) is 6.80. The summed E-state index contributed by atoms with van der Waals surface area (Å²) in [6, 6.07) is 9.79. The van der Waals surface area contributed by atoms with Crippen molar-refractivity contribution in [1.29, 1.82) is 5.26 Å². The van der Waals surface area contributed by atoms with Crippen LogP contribution in [0.25, 0.3) is 0 Å². The van der Waals surface area contributed by atoms with Gasteiger partial charge in [0.15, 0.2) is 6.61 Å². The third-order valence-corrected chi connectivity index (χ3v) is 3.23. The summed E-state index contributed by atoms with van der Waals surface area (Å²) in [5.74, 6) is 0.779. The lowest BCUT2D eigenvalue weighted by Gasteiger charge is -2.23. The highest BCUT2D eigenvalue weighted by Crippen LogP contribution is 2.18. The normalized spacial score (nSPS) is 18.8. The summed E-state index contributed by atoms with van der Waals surface area (Å²) in [4.78, 5) is 0. The minimum absolute atomic E-state index is 0.0861. The molecule has 1 fully saturated rings. The van der Waals surface area contributed by atoms with Crippen LogP contribution in [0.15, 0.2) is 24.3 Å². The van der Waals surface area contributed by atoms with E-state index in [2.05, 4.69) is 5.32 Å². The molecule has 102 valence electrons.